The zero-order valence-electron chi connectivity index (χ0n) is 10.7. The topological polar surface area (TPSA) is 30.0 Å². The lowest BCUT2D eigenvalue weighted by molar-refractivity contribution is 0.0993. The molecule has 20 heavy (non-hydrogen) atoms. The number of halogens is 1. The lowest BCUT2D eigenvalue weighted by Crippen LogP contribution is -2.03. The standard InChI is InChI=1S/C17H12BrNO/c18-16-6-5-13-9-15(4-3-14(13)10-16)17(20)8-12-2-1-7-19-11-12/h1-7,9-11H,8H2. The maximum atomic E-state index is 12.3. The second kappa shape index (κ2) is 5.55. The van der Waals surface area contributed by atoms with E-state index in [4.69, 9.17) is 0 Å². The Morgan fingerprint density at radius 2 is 1.85 bits per heavy atom. The molecule has 0 aliphatic carbocycles. The summed E-state index contributed by atoms with van der Waals surface area (Å²) in [6.45, 7) is 0. The molecule has 0 radical (unpaired) electrons. The fourth-order valence-corrected chi connectivity index (χ4v) is 2.56. The van der Waals surface area contributed by atoms with E-state index in [0.717, 1.165) is 26.4 Å². The van der Waals surface area contributed by atoms with Gasteiger partial charge in [-0.15, -0.1) is 0 Å². The van der Waals surface area contributed by atoms with Gasteiger partial charge >= 0.3 is 0 Å². The highest BCUT2D eigenvalue weighted by Crippen LogP contribution is 2.21. The van der Waals surface area contributed by atoms with Crippen LogP contribution < -0.4 is 0 Å². The average Bonchev–Trinajstić information content (AvgIpc) is 2.47. The van der Waals surface area contributed by atoms with Crippen LogP contribution in [0.15, 0.2) is 65.4 Å². The molecule has 0 fully saturated rings. The summed E-state index contributed by atoms with van der Waals surface area (Å²) in [6.07, 6.45) is 3.83. The minimum absolute atomic E-state index is 0.114. The third-order valence-corrected chi connectivity index (χ3v) is 3.70. The number of pyridine rings is 1. The molecular formula is C17H12BrNO. The molecule has 0 amide bonds. The molecule has 3 rings (SSSR count). The first-order valence-corrected chi connectivity index (χ1v) is 7.13. The molecule has 0 spiro atoms. The van der Waals surface area contributed by atoms with Crippen molar-refractivity contribution >= 4 is 32.5 Å². The van der Waals surface area contributed by atoms with Crippen LogP contribution in [-0.4, -0.2) is 10.8 Å². The molecule has 0 aliphatic heterocycles. The van der Waals surface area contributed by atoms with E-state index < -0.39 is 0 Å². The lowest BCUT2D eigenvalue weighted by Gasteiger charge is -2.04. The van der Waals surface area contributed by atoms with Gasteiger partial charge in [0.1, 0.15) is 0 Å². The summed E-state index contributed by atoms with van der Waals surface area (Å²) >= 11 is 3.45. The molecule has 0 saturated heterocycles. The first-order chi connectivity index (χ1) is 9.72. The largest absolute Gasteiger partial charge is 0.294 e. The fourth-order valence-electron chi connectivity index (χ4n) is 2.18. The van der Waals surface area contributed by atoms with Gasteiger partial charge < -0.3 is 0 Å². The molecule has 0 aliphatic rings. The summed E-state index contributed by atoms with van der Waals surface area (Å²) in [5.74, 6) is 0.114. The Hall–Kier alpha value is -2.00. The number of aromatic nitrogens is 1. The van der Waals surface area contributed by atoms with Gasteiger partial charge in [0.2, 0.25) is 0 Å². The van der Waals surface area contributed by atoms with E-state index in [-0.39, 0.29) is 5.78 Å². The summed E-state index contributed by atoms with van der Waals surface area (Å²) in [4.78, 5) is 16.3. The normalized spacial score (nSPS) is 10.7. The highest BCUT2D eigenvalue weighted by molar-refractivity contribution is 9.10. The summed E-state index contributed by atoms with van der Waals surface area (Å²) < 4.78 is 1.04. The Morgan fingerprint density at radius 1 is 1.05 bits per heavy atom. The van der Waals surface area contributed by atoms with Crippen LogP contribution in [0.4, 0.5) is 0 Å². The van der Waals surface area contributed by atoms with Crippen molar-refractivity contribution in [2.45, 2.75) is 6.42 Å². The van der Waals surface area contributed by atoms with Crippen molar-refractivity contribution in [2.24, 2.45) is 0 Å². The molecule has 1 aromatic heterocycles. The quantitative estimate of drug-likeness (QED) is 0.667. The Balaban J connectivity index is 1.90. The van der Waals surface area contributed by atoms with E-state index in [1.54, 1.807) is 12.4 Å². The van der Waals surface area contributed by atoms with Crippen LogP contribution in [0.3, 0.4) is 0 Å². The van der Waals surface area contributed by atoms with Crippen molar-refractivity contribution in [2.75, 3.05) is 0 Å². The van der Waals surface area contributed by atoms with Gasteiger partial charge in [-0.25, -0.2) is 0 Å². The molecule has 1 heterocycles. The third-order valence-electron chi connectivity index (χ3n) is 3.21. The molecule has 0 unspecified atom stereocenters. The van der Waals surface area contributed by atoms with E-state index in [9.17, 15) is 4.79 Å². The van der Waals surface area contributed by atoms with Crippen LogP contribution in [0.1, 0.15) is 15.9 Å². The molecule has 98 valence electrons. The minimum Gasteiger partial charge on any atom is -0.294 e. The van der Waals surface area contributed by atoms with Crippen molar-refractivity contribution in [1.29, 1.82) is 0 Å². The number of fused-ring (bicyclic) bond motifs is 1. The molecule has 2 nitrogen and oxygen atoms in total. The SMILES string of the molecule is O=C(Cc1cccnc1)c1ccc2cc(Br)ccc2c1. The highest BCUT2D eigenvalue weighted by Gasteiger charge is 2.08. The number of ketones is 1. The predicted molar refractivity (Wildman–Crippen MR) is 83.9 cm³/mol. The van der Waals surface area contributed by atoms with Crippen molar-refractivity contribution in [3.63, 3.8) is 0 Å². The average molecular weight is 326 g/mol. The highest BCUT2D eigenvalue weighted by atomic mass is 79.9. The van der Waals surface area contributed by atoms with Gasteiger partial charge in [-0.3, -0.25) is 9.78 Å². The van der Waals surface area contributed by atoms with Crippen molar-refractivity contribution in [3.8, 4) is 0 Å². The number of carbonyl (C=O) groups is 1. The zero-order valence-corrected chi connectivity index (χ0v) is 12.3. The molecule has 0 atom stereocenters. The summed E-state index contributed by atoms with van der Waals surface area (Å²) in [7, 11) is 0. The number of hydrogen-bond donors (Lipinski definition) is 0. The number of rotatable bonds is 3. The lowest BCUT2D eigenvalue weighted by atomic mass is 10.0. The van der Waals surface area contributed by atoms with Crippen molar-refractivity contribution < 1.29 is 4.79 Å². The number of hydrogen-bond acceptors (Lipinski definition) is 2. The Labute approximate surface area is 125 Å². The second-order valence-electron chi connectivity index (χ2n) is 4.67. The van der Waals surface area contributed by atoms with Crippen LogP contribution in [0.5, 0.6) is 0 Å². The van der Waals surface area contributed by atoms with Crippen LogP contribution >= 0.6 is 15.9 Å². The molecule has 0 bridgehead atoms. The molecule has 3 heteroatoms. The van der Waals surface area contributed by atoms with Gasteiger partial charge in [-0.1, -0.05) is 40.2 Å². The van der Waals surface area contributed by atoms with Crippen LogP contribution in [0, 0.1) is 0 Å². The Morgan fingerprint density at radius 3 is 2.65 bits per heavy atom. The van der Waals surface area contributed by atoms with Crippen molar-refractivity contribution in [3.05, 3.63) is 76.5 Å². The number of Topliss-reactive ketones (excluding diaryl/α,β-unsaturated/α-hetero) is 1. The number of benzene rings is 2. The molecule has 0 saturated carbocycles. The maximum absolute atomic E-state index is 12.3. The summed E-state index contributed by atoms with van der Waals surface area (Å²) in [6, 6.07) is 15.6. The molecule has 0 N–H and O–H groups in total. The van der Waals surface area contributed by atoms with Gasteiger partial charge in [0.05, 0.1) is 0 Å². The Kier molecular flexibility index (Phi) is 3.61. The maximum Gasteiger partial charge on any atom is 0.167 e. The molecule has 3 aromatic rings. The zero-order chi connectivity index (χ0) is 13.9. The second-order valence-corrected chi connectivity index (χ2v) is 5.58. The van der Waals surface area contributed by atoms with Crippen LogP contribution in [-0.2, 0) is 6.42 Å². The summed E-state index contributed by atoms with van der Waals surface area (Å²) in [5.41, 5.74) is 1.68. The van der Waals surface area contributed by atoms with Gasteiger partial charge in [0, 0.05) is 28.9 Å². The number of carbonyl (C=O) groups excluding carboxylic acids is 1. The van der Waals surface area contributed by atoms with E-state index in [1.807, 2.05) is 48.5 Å². The first-order valence-electron chi connectivity index (χ1n) is 6.34. The van der Waals surface area contributed by atoms with Crippen molar-refractivity contribution in [1.82, 2.24) is 4.98 Å². The Bertz CT molecular complexity index is 768. The minimum atomic E-state index is 0.114. The van der Waals surface area contributed by atoms with Crippen LogP contribution in [0.2, 0.25) is 0 Å². The van der Waals surface area contributed by atoms with Gasteiger partial charge in [0.15, 0.2) is 5.78 Å². The van der Waals surface area contributed by atoms with E-state index in [2.05, 4.69) is 20.9 Å². The van der Waals surface area contributed by atoms with Crippen LogP contribution in [0.25, 0.3) is 10.8 Å². The predicted octanol–water partition coefficient (Wildman–Crippen LogP) is 4.42. The van der Waals surface area contributed by atoms with E-state index in [1.165, 1.54) is 0 Å². The number of nitrogens with zero attached hydrogens (tertiary/aromatic N) is 1. The fraction of sp³-hybridized carbons (Fsp3) is 0.0588. The van der Waals surface area contributed by atoms with Gasteiger partial charge in [0.25, 0.3) is 0 Å². The molecular weight excluding hydrogens is 314 g/mol. The monoisotopic (exact) mass is 325 g/mol. The van der Waals surface area contributed by atoms with Gasteiger partial charge in [-0.2, -0.15) is 0 Å². The van der Waals surface area contributed by atoms with E-state index >= 15 is 0 Å². The smallest absolute Gasteiger partial charge is 0.167 e. The van der Waals surface area contributed by atoms with E-state index in [0.29, 0.717) is 6.42 Å². The molecule has 2 aromatic carbocycles. The first kappa shape index (κ1) is 13.0. The third kappa shape index (κ3) is 2.78. The van der Waals surface area contributed by atoms with Gasteiger partial charge in [-0.05, 0) is 40.6 Å². The summed E-state index contributed by atoms with van der Waals surface area (Å²) in [5, 5.41) is 2.20.